The van der Waals surface area contributed by atoms with Gasteiger partial charge < -0.3 is 14.2 Å². The molecule has 1 aromatic heterocycles. The normalized spacial score (nSPS) is 21.5. The first kappa shape index (κ1) is 40.7. The van der Waals surface area contributed by atoms with E-state index in [0.717, 1.165) is 93.6 Å². The monoisotopic (exact) mass is 900 g/mol. The first-order valence-corrected chi connectivity index (χ1v) is 25.7. The fourth-order valence-corrected chi connectivity index (χ4v) is 14.2. The molecule has 0 saturated carbocycles. The fourth-order valence-electron chi connectivity index (χ4n) is 14.2. The molecule has 5 aliphatic rings. The van der Waals surface area contributed by atoms with Crippen LogP contribution in [0.2, 0.25) is 0 Å². The van der Waals surface area contributed by atoms with Crippen molar-refractivity contribution in [3.05, 3.63) is 136 Å². The van der Waals surface area contributed by atoms with Gasteiger partial charge in [0.25, 0.3) is 6.71 Å². The molecule has 0 spiro atoms. The average molecular weight is 900 g/mol. The minimum absolute atomic E-state index is 0.0283. The third-order valence-electron chi connectivity index (χ3n) is 18.2. The average Bonchev–Trinajstić information content (AvgIpc) is 3.74. The Morgan fingerprint density at radius 3 is 1.63 bits per heavy atom. The van der Waals surface area contributed by atoms with Gasteiger partial charge in [0.15, 0.2) is 5.58 Å². The van der Waals surface area contributed by atoms with Crippen LogP contribution in [0.3, 0.4) is 0 Å². The molecular formula is C64H73BN2O. The Kier molecular flexibility index (Phi) is 8.10. The van der Waals surface area contributed by atoms with Crippen molar-refractivity contribution in [2.45, 2.75) is 181 Å². The van der Waals surface area contributed by atoms with E-state index >= 15 is 0 Å². The SMILES string of the molecule is [2H]C([2H])([2H])c1cc2c3c(c1)N(c1cccc4c1oc1cc(C(C)(C)C)ccc14)c1cc4c(cc1B3c1cc3c(cc1N2c1ccc2c(c1)C(C)(C)CCC2(C)C)C(C)(C)CCC3(C)C)C(C)(C)CC4(C)C. The summed E-state index contributed by atoms with van der Waals surface area (Å²) >= 11 is 0. The van der Waals surface area contributed by atoms with Gasteiger partial charge in [-0.1, -0.05) is 146 Å². The van der Waals surface area contributed by atoms with E-state index < -0.39 is 6.85 Å². The minimum Gasteiger partial charge on any atom is -0.454 e. The molecule has 0 atom stereocenters. The smallest absolute Gasteiger partial charge is 0.252 e. The number of rotatable bonds is 2. The Balaban J connectivity index is 1.24. The van der Waals surface area contributed by atoms with Gasteiger partial charge >= 0.3 is 0 Å². The Bertz CT molecular complexity index is 3460. The van der Waals surface area contributed by atoms with Crippen LogP contribution < -0.4 is 26.2 Å². The molecule has 0 unspecified atom stereocenters. The number of nitrogens with zero attached hydrogens (tertiary/aromatic N) is 2. The largest absolute Gasteiger partial charge is 0.454 e. The molecule has 2 aliphatic heterocycles. The number of hydrogen-bond acceptors (Lipinski definition) is 3. The molecule has 12 rings (SSSR count). The highest BCUT2D eigenvalue weighted by Gasteiger charge is 2.50. The second-order valence-electron chi connectivity index (χ2n) is 26.9. The van der Waals surface area contributed by atoms with Crippen LogP contribution in [0, 0.1) is 6.85 Å². The molecule has 3 aliphatic carbocycles. The van der Waals surface area contributed by atoms with E-state index in [2.05, 4.69) is 193 Å². The lowest BCUT2D eigenvalue weighted by atomic mass is 9.33. The van der Waals surface area contributed by atoms with Crippen LogP contribution in [-0.4, -0.2) is 6.71 Å². The molecule has 0 fully saturated rings. The molecule has 0 saturated heterocycles. The lowest BCUT2D eigenvalue weighted by Crippen LogP contribution is -2.62. The second-order valence-corrected chi connectivity index (χ2v) is 26.9. The van der Waals surface area contributed by atoms with Gasteiger partial charge in [-0.05, 0) is 186 Å². The van der Waals surface area contributed by atoms with Crippen LogP contribution >= 0.6 is 0 Å². The van der Waals surface area contributed by atoms with Gasteiger partial charge in [0.1, 0.15) is 5.58 Å². The molecule has 4 heteroatoms. The quantitative estimate of drug-likeness (QED) is 0.161. The van der Waals surface area contributed by atoms with Crippen molar-refractivity contribution >= 4 is 79.2 Å². The van der Waals surface area contributed by atoms with Gasteiger partial charge in [-0.2, -0.15) is 0 Å². The van der Waals surface area contributed by atoms with E-state index in [1.165, 1.54) is 49.9 Å². The van der Waals surface area contributed by atoms with Crippen molar-refractivity contribution in [3.63, 3.8) is 0 Å². The van der Waals surface area contributed by atoms with E-state index in [0.29, 0.717) is 5.56 Å². The van der Waals surface area contributed by atoms with Crippen LogP contribution in [0.25, 0.3) is 21.9 Å². The summed E-state index contributed by atoms with van der Waals surface area (Å²) in [5, 5.41) is 2.13. The molecule has 6 aromatic carbocycles. The minimum atomic E-state index is -2.39. The van der Waals surface area contributed by atoms with Crippen molar-refractivity contribution in [2.24, 2.45) is 0 Å². The first-order chi connectivity index (χ1) is 32.9. The Morgan fingerprint density at radius 1 is 0.500 bits per heavy atom. The lowest BCUT2D eigenvalue weighted by molar-refractivity contribution is 0.332. The van der Waals surface area contributed by atoms with Crippen LogP contribution in [0.15, 0.2) is 95.4 Å². The maximum Gasteiger partial charge on any atom is 0.252 e. The summed E-state index contributed by atoms with van der Waals surface area (Å²) in [6.07, 6.45) is 5.48. The van der Waals surface area contributed by atoms with E-state index in [9.17, 15) is 4.11 Å². The molecule has 0 bridgehead atoms. The van der Waals surface area contributed by atoms with Crippen molar-refractivity contribution in [1.82, 2.24) is 0 Å². The molecular weight excluding hydrogens is 824 g/mol. The van der Waals surface area contributed by atoms with Crippen LogP contribution in [0.1, 0.15) is 185 Å². The molecule has 348 valence electrons. The van der Waals surface area contributed by atoms with E-state index in [1.54, 1.807) is 0 Å². The zero-order valence-electron chi connectivity index (χ0n) is 46.6. The van der Waals surface area contributed by atoms with Gasteiger partial charge in [0, 0.05) is 43.3 Å². The molecule has 0 N–H and O–H groups in total. The standard InChI is InChI=1S/C64H73BN2O/c1-37-28-53-56-54(29-37)67(50-19-17-18-41-40-22-20-38(58(2,3)4)30-55(40)68-57(41)50)52-35-47-45(63(13,14)36-64(47,15)16)33-49(52)65(56)48-32-44-46(62(11,12)27-26-61(44,9)10)34-51(48)66(53)39-21-23-42-43(31-39)60(7,8)25-24-59(42,5)6/h17-23,28-35H,24-27,36H2,1-16H3/i1D3. The molecule has 68 heavy (non-hydrogen) atoms. The van der Waals surface area contributed by atoms with E-state index in [4.69, 9.17) is 4.42 Å². The first-order valence-electron chi connectivity index (χ1n) is 27.2. The summed E-state index contributed by atoms with van der Waals surface area (Å²) in [6.45, 7) is 33.2. The topological polar surface area (TPSA) is 19.6 Å². The molecule has 7 aromatic rings. The second kappa shape index (κ2) is 13.6. The van der Waals surface area contributed by atoms with Gasteiger partial charge in [-0.3, -0.25) is 0 Å². The summed E-state index contributed by atoms with van der Waals surface area (Å²) in [7, 11) is 0. The lowest BCUT2D eigenvalue weighted by Gasteiger charge is -2.48. The van der Waals surface area contributed by atoms with Gasteiger partial charge in [0.05, 0.1) is 5.69 Å². The number of para-hydroxylation sites is 1. The van der Waals surface area contributed by atoms with Crippen LogP contribution in [0.4, 0.5) is 34.1 Å². The van der Waals surface area contributed by atoms with Crippen molar-refractivity contribution in [1.29, 1.82) is 0 Å². The Labute approximate surface area is 412 Å². The molecule has 3 heterocycles. The zero-order chi connectivity index (χ0) is 50.7. The molecule has 3 nitrogen and oxygen atoms in total. The summed E-state index contributed by atoms with van der Waals surface area (Å²) in [6, 6.07) is 34.7. The van der Waals surface area contributed by atoms with E-state index in [1.807, 2.05) is 12.1 Å². The zero-order valence-corrected chi connectivity index (χ0v) is 43.6. The van der Waals surface area contributed by atoms with Gasteiger partial charge in [0.2, 0.25) is 0 Å². The summed E-state index contributed by atoms with van der Waals surface area (Å²) in [5.74, 6) is 0. The molecule has 0 amide bonds. The summed E-state index contributed by atoms with van der Waals surface area (Å²) in [4.78, 5) is 4.89. The number of aryl methyl sites for hydroxylation is 1. The van der Waals surface area contributed by atoms with Crippen molar-refractivity contribution < 1.29 is 8.53 Å². The third kappa shape index (κ3) is 6.10. The fraction of sp³-hybridized carbons (Fsp3) is 0.438. The highest BCUT2D eigenvalue weighted by Crippen LogP contribution is 2.56. The van der Waals surface area contributed by atoms with E-state index in [-0.39, 0.29) is 44.6 Å². The Morgan fingerprint density at radius 2 is 1.03 bits per heavy atom. The van der Waals surface area contributed by atoms with Crippen molar-refractivity contribution in [2.75, 3.05) is 9.80 Å². The van der Waals surface area contributed by atoms with Crippen LogP contribution in [0.5, 0.6) is 0 Å². The number of fused-ring (bicyclic) bond motifs is 10. The predicted octanol–water partition coefficient (Wildman–Crippen LogP) is 15.9. The maximum atomic E-state index is 9.25. The number of anilines is 6. The van der Waals surface area contributed by atoms with Gasteiger partial charge in [-0.15, -0.1) is 0 Å². The number of hydrogen-bond donors (Lipinski definition) is 0. The van der Waals surface area contributed by atoms with Crippen LogP contribution in [-0.2, 0) is 37.9 Å². The van der Waals surface area contributed by atoms with Gasteiger partial charge in [-0.25, -0.2) is 0 Å². The predicted molar refractivity (Wildman–Crippen MR) is 292 cm³/mol. The number of benzene rings is 6. The maximum absolute atomic E-state index is 9.25. The highest BCUT2D eigenvalue weighted by molar-refractivity contribution is 7.00. The summed E-state index contributed by atoms with van der Waals surface area (Å²) < 4.78 is 34.9. The number of furan rings is 1. The highest BCUT2D eigenvalue weighted by atomic mass is 16.3. The molecule has 0 radical (unpaired) electrons. The Hall–Kier alpha value is -5.22. The van der Waals surface area contributed by atoms with Crippen molar-refractivity contribution in [3.8, 4) is 0 Å². The summed E-state index contributed by atoms with van der Waals surface area (Å²) in [5.41, 5.74) is 21.1. The third-order valence-corrected chi connectivity index (χ3v) is 18.2.